The number of carbonyl (C=O) groups excluding carboxylic acids is 1. The topological polar surface area (TPSA) is 84.5 Å². The molecular formula is C21H41NO7. The molecule has 0 aromatic carbocycles. The first-order chi connectivity index (χ1) is 13.9. The van der Waals surface area contributed by atoms with E-state index in [4.69, 9.17) is 28.4 Å². The number of carbonyl (C=O) groups is 1. The van der Waals surface area contributed by atoms with Gasteiger partial charge in [-0.3, -0.25) is 0 Å². The van der Waals surface area contributed by atoms with Crippen molar-refractivity contribution in [2.75, 3.05) is 66.6 Å². The zero-order chi connectivity index (χ0) is 21.4. The van der Waals surface area contributed by atoms with Crippen LogP contribution in [0.25, 0.3) is 0 Å². The molecule has 1 amide bonds. The highest BCUT2D eigenvalue weighted by Gasteiger charge is 2.24. The molecule has 0 spiro atoms. The van der Waals surface area contributed by atoms with Crippen LogP contribution >= 0.6 is 0 Å². The van der Waals surface area contributed by atoms with Gasteiger partial charge in [-0.15, -0.1) is 0 Å². The Balaban J connectivity index is 1.88. The van der Waals surface area contributed by atoms with Gasteiger partial charge >= 0.3 is 6.09 Å². The van der Waals surface area contributed by atoms with Gasteiger partial charge in [0.05, 0.1) is 52.9 Å². The average molecular weight is 420 g/mol. The van der Waals surface area contributed by atoms with Crippen LogP contribution in [0.4, 0.5) is 4.79 Å². The van der Waals surface area contributed by atoms with E-state index in [0.29, 0.717) is 58.8 Å². The summed E-state index contributed by atoms with van der Waals surface area (Å²) in [5.41, 5.74) is -0.457. The summed E-state index contributed by atoms with van der Waals surface area (Å²) in [5.74, 6) is 0.549. The number of methoxy groups -OCH3 is 1. The molecule has 0 heterocycles. The molecule has 0 aliphatic heterocycles. The maximum Gasteiger partial charge on any atom is 0.407 e. The Morgan fingerprint density at radius 2 is 1.28 bits per heavy atom. The van der Waals surface area contributed by atoms with Crippen LogP contribution < -0.4 is 5.32 Å². The summed E-state index contributed by atoms with van der Waals surface area (Å²) in [6, 6.07) is 0.204. The van der Waals surface area contributed by atoms with Crippen LogP contribution in [0.5, 0.6) is 0 Å². The molecule has 8 heteroatoms. The summed E-state index contributed by atoms with van der Waals surface area (Å²) in [6.07, 6.45) is 3.73. The van der Waals surface area contributed by atoms with Gasteiger partial charge in [-0.25, -0.2) is 4.79 Å². The van der Waals surface area contributed by atoms with Crippen molar-refractivity contribution >= 4 is 6.09 Å². The zero-order valence-corrected chi connectivity index (χ0v) is 18.7. The summed E-state index contributed by atoms with van der Waals surface area (Å²) in [5, 5.41) is 2.97. The lowest BCUT2D eigenvalue weighted by Gasteiger charge is -2.30. The Kier molecular flexibility index (Phi) is 14.3. The van der Waals surface area contributed by atoms with Gasteiger partial charge in [0.15, 0.2) is 0 Å². The van der Waals surface area contributed by atoms with E-state index in [1.54, 1.807) is 7.11 Å². The van der Waals surface area contributed by atoms with E-state index in [0.717, 1.165) is 32.3 Å². The van der Waals surface area contributed by atoms with E-state index in [2.05, 4.69) is 5.32 Å². The standard InChI is InChI=1S/C21H41NO7/c1-21(2,3)29-20(23)22-19-7-5-18(6-8-19)17-28-16-15-27-14-13-26-12-11-25-10-9-24-4/h18-19H,5-17H2,1-4H3,(H,22,23)/t18-,19-. The maximum absolute atomic E-state index is 11.8. The molecule has 0 radical (unpaired) electrons. The number of alkyl carbamates (subject to hydrolysis) is 1. The lowest BCUT2D eigenvalue weighted by molar-refractivity contribution is -0.0125. The second-order valence-corrected chi connectivity index (χ2v) is 8.27. The quantitative estimate of drug-likeness (QED) is 0.409. The molecule has 0 aromatic rings. The molecule has 1 rings (SSSR count). The summed E-state index contributed by atoms with van der Waals surface area (Å²) in [7, 11) is 1.65. The normalized spacial score (nSPS) is 19.9. The minimum Gasteiger partial charge on any atom is -0.444 e. The number of hydrogen-bond acceptors (Lipinski definition) is 7. The van der Waals surface area contributed by atoms with Crippen molar-refractivity contribution in [2.45, 2.75) is 58.1 Å². The third kappa shape index (κ3) is 15.6. The Morgan fingerprint density at radius 3 is 1.76 bits per heavy atom. The third-order valence-corrected chi connectivity index (χ3v) is 4.47. The van der Waals surface area contributed by atoms with E-state index in [1.807, 2.05) is 20.8 Å². The molecule has 0 saturated heterocycles. The van der Waals surface area contributed by atoms with Gasteiger partial charge in [0.1, 0.15) is 5.60 Å². The monoisotopic (exact) mass is 419 g/mol. The fraction of sp³-hybridized carbons (Fsp3) is 0.952. The van der Waals surface area contributed by atoms with E-state index in [9.17, 15) is 4.79 Å². The van der Waals surface area contributed by atoms with E-state index < -0.39 is 5.60 Å². The summed E-state index contributed by atoms with van der Waals surface area (Å²) >= 11 is 0. The highest BCUT2D eigenvalue weighted by Crippen LogP contribution is 2.24. The first-order valence-corrected chi connectivity index (χ1v) is 10.7. The maximum atomic E-state index is 11.8. The van der Waals surface area contributed by atoms with Crippen LogP contribution in [0.1, 0.15) is 46.5 Å². The van der Waals surface area contributed by atoms with Gasteiger partial charge in [-0.2, -0.15) is 0 Å². The molecular weight excluding hydrogens is 378 g/mol. The summed E-state index contributed by atoms with van der Waals surface area (Å²) < 4.78 is 32.1. The minimum atomic E-state index is -0.457. The van der Waals surface area contributed by atoms with Gasteiger partial charge in [-0.1, -0.05) is 0 Å². The molecule has 1 N–H and O–H groups in total. The first-order valence-electron chi connectivity index (χ1n) is 10.7. The van der Waals surface area contributed by atoms with Crippen LogP contribution in [0.15, 0.2) is 0 Å². The van der Waals surface area contributed by atoms with Gasteiger partial charge in [0.2, 0.25) is 0 Å². The lowest BCUT2D eigenvalue weighted by Crippen LogP contribution is -2.41. The molecule has 0 atom stereocenters. The first kappa shape index (κ1) is 26.1. The van der Waals surface area contributed by atoms with Crippen LogP contribution in [0.2, 0.25) is 0 Å². The summed E-state index contributed by atoms with van der Waals surface area (Å²) in [6.45, 7) is 11.0. The van der Waals surface area contributed by atoms with Crippen molar-refractivity contribution in [3.05, 3.63) is 0 Å². The molecule has 0 bridgehead atoms. The molecule has 1 fully saturated rings. The molecule has 8 nitrogen and oxygen atoms in total. The lowest BCUT2D eigenvalue weighted by atomic mass is 9.86. The smallest absolute Gasteiger partial charge is 0.407 e. The fourth-order valence-electron chi connectivity index (χ4n) is 3.00. The average Bonchev–Trinajstić information content (AvgIpc) is 2.65. The predicted molar refractivity (Wildman–Crippen MR) is 110 cm³/mol. The predicted octanol–water partition coefficient (Wildman–Crippen LogP) is 2.78. The minimum absolute atomic E-state index is 0.204. The number of amides is 1. The number of rotatable bonds is 15. The van der Waals surface area contributed by atoms with Crippen molar-refractivity contribution < 1.29 is 33.2 Å². The highest BCUT2D eigenvalue weighted by molar-refractivity contribution is 5.68. The van der Waals surface area contributed by atoms with Gasteiger partial charge in [0, 0.05) is 19.8 Å². The highest BCUT2D eigenvalue weighted by atomic mass is 16.6. The van der Waals surface area contributed by atoms with Crippen LogP contribution in [-0.2, 0) is 28.4 Å². The SMILES string of the molecule is COCCOCCOCCOCCOC[C@H]1CC[C@H](NC(=O)OC(C)(C)C)CC1. The Labute approximate surface area is 175 Å². The van der Waals surface area contributed by atoms with Gasteiger partial charge < -0.3 is 33.7 Å². The largest absolute Gasteiger partial charge is 0.444 e. The molecule has 172 valence electrons. The van der Waals surface area contributed by atoms with Crippen LogP contribution in [0.3, 0.4) is 0 Å². The van der Waals surface area contributed by atoms with Crippen molar-refractivity contribution in [2.24, 2.45) is 5.92 Å². The summed E-state index contributed by atoms with van der Waals surface area (Å²) in [4.78, 5) is 11.8. The Morgan fingerprint density at radius 1 is 0.793 bits per heavy atom. The zero-order valence-electron chi connectivity index (χ0n) is 18.7. The van der Waals surface area contributed by atoms with Crippen molar-refractivity contribution in [1.29, 1.82) is 0 Å². The van der Waals surface area contributed by atoms with E-state index in [1.165, 1.54) is 0 Å². The molecule has 1 saturated carbocycles. The molecule has 1 aliphatic carbocycles. The van der Waals surface area contributed by atoms with Crippen molar-refractivity contribution in [1.82, 2.24) is 5.32 Å². The second-order valence-electron chi connectivity index (χ2n) is 8.27. The Bertz CT molecular complexity index is 406. The van der Waals surface area contributed by atoms with E-state index in [-0.39, 0.29) is 12.1 Å². The number of hydrogen-bond donors (Lipinski definition) is 1. The fourth-order valence-corrected chi connectivity index (χ4v) is 3.00. The van der Waals surface area contributed by atoms with Gasteiger partial charge in [-0.05, 0) is 52.4 Å². The van der Waals surface area contributed by atoms with E-state index >= 15 is 0 Å². The van der Waals surface area contributed by atoms with Crippen LogP contribution in [0, 0.1) is 5.92 Å². The number of nitrogens with one attached hydrogen (secondary N) is 1. The molecule has 1 aliphatic rings. The van der Waals surface area contributed by atoms with Crippen molar-refractivity contribution in [3.63, 3.8) is 0 Å². The number of ether oxygens (including phenoxy) is 6. The molecule has 0 aromatic heterocycles. The van der Waals surface area contributed by atoms with Crippen molar-refractivity contribution in [3.8, 4) is 0 Å². The molecule has 29 heavy (non-hydrogen) atoms. The third-order valence-electron chi connectivity index (χ3n) is 4.47. The van der Waals surface area contributed by atoms with Gasteiger partial charge in [0.25, 0.3) is 0 Å². The second kappa shape index (κ2) is 15.8. The Hall–Kier alpha value is -0.930. The van der Waals surface area contributed by atoms with Crippen LogP contribution in [-0.4, -0.2) is 84.3 Å². The molecule has 0 unspecified atom stereocenters.